The fraction of sp³-hybridized carbons (Fsp3) is 0.500. The fourth-order valence-corrected chi connectivity index (χ4v) is 3.34. The third-order valence-electron chi connectivity index (χ3n) is 4.84. The smallest absolute Gasteiger partial charge is 0.252 e. The number of nitrogens with one attached hydrogen (secondary N) is 2. The van der Waals surface area contributed by atoms with Crippen LogP contribution >= 0.6 is 0 Å². The van der Waals surface area contributed by atoms with Gasteiger partial charge in [0.1, 0.15) is 0 Å². The predicted molar refractivity (Wildman–Crippen MR) is 107 cm³/mol. The van der Waals surface area contributed by atoms with Gasteiger partial charge in [0.05, 0.1) is 0 Å². The van der Waals surface area contributed by atoms with Crippen LogP contribution < -0.4 is 15.8 Å². The van der Waals surface area contributed by atoms with Gasteiger partial charge in [0, 0.05) is 55.4 Å². The SMILES string of the molecule is CCCc1cc(=O)[nH]c(Nc2ccc(N3CCN(C(C)C)CC3)cc2)n1. The van der Waals surface area contributed by atoms with Gasteiger partial charge in [-0.05, 0) is 44.5 Å². The molecule has 2 heterocycles. The van der Waals surface area contributed by atoms with E-state index < -0.39 is 0 Å². The van der Waals surface area contributed by atoms with E-state index in [1.54, 1.807) is 6.07 Å². The van der Waals surface area contributed by atoms with Crippen molar-refractivity contribution in [3.63, 3.8) is 0 Å². The average molecular weight is 355 g/mol. The van der Waals surface area contributed by atoms with Gasteiger partial charge in [0.25, 0.3) is 5.56 Å². The van der Waals surface area contributed by atoms with Gasteiger partial charge in [0.2, 0.25) is 5.95 Å². The third kappa shape index (κ3) is 4.64. The maximum atomic E-state index is 11.8. The molecule has 1 aromatic heterocycles. The van der Waals surface area contributed by atoms with Gasteiger partial charge in [-0.1, -0.05) is 13.3 Å². The van der Waals surface area contributed by atoms with Crippen molar-refractivity contribution in [2.24, 2.45) is 0 Å². The molecular weight excluding hydrogens is 326 g/mol. The maximum Gasteiger partial charge on any atom is 0.252 e. The van der Waals surface area contributed by atoms with Crippen molar-refractivity contribution in [1.82, 2.24) is 14.9 Å². The number of rotatable bonds is 6. The Bertz CT molecular complexity index is 761. The van der Waals surface area contributed by atoms with Gasteiger partial charge in [-0.15, -0.1) is 0 Å². The predicted octanol–water partition coefficient (Wildman–Crippen LogP) is 3.00. The maximum absolute atomic E-state index is 11.8. The van der Waals surface area contributed by atoms with Gasteiger partial charge < -0.3 is 10.2 Å². The largest absolute Gasteiger partial charge is 0.369 e. The molecule has 3 rings (SSSR count). The molecule has 6 nitrogen and oxygen atoms in total. The highest BCUT2D eigenvalue weighted by molar-refractivity contribution is 5.59. The first kappa shape index (κ1) is 18.5. The monoisotopic (exact) mass is 355 g/mol. The van der Waals surface area contributed by atoms with Gasteiger partial charge in [0.15, 0.2) is 0 Å². The van der Waals surface area contributed by atoms with Crippen molar-refractivity contribution in [3.05, 3.63) is 46.4 Å². The number of piperazine rings is 1. The second-order valence-electron chi connectivity index (χ2n) is 7.12. The van der Waals surface area contributed by atoms with Crippen LogP contribution in [0.3, 0.4) is 0 Å². The summed E-state index contributed by atoms with van der Waals surface area (Å²) in [5, 5.41) is 3.20. The number of hydrogen-bond acceptors (Lipinski definition) is 5. The van der Waals surface area contributed by atoms with E-state index in [9.17, 15) is 4.79 Å². The van der Waals surface area contributed by atoms with Crippen LogP contribution in [0, 0.1) is 0 Å². The van der Waals surface area contributed by atoms with Crippen molar-refractivity contribution in [1.29, 1.82) is 0 Å². The molecule has 0 radical (unpaired) electrons. The highest BCUT2D eigenvalue weighted by atomic mass is 16.1. The summed E-state index contributed by atoms with van der Waals surface area (Å²) in [6.07, 6.45) is 1.77. The van der Waals surface area contributed by atoms with Crippen LogP contribution in [0.1, 0.15) is 32.9 Å². The Balaban J connectivity index is 1.64. The molecule has 0 atom stereocenters. The molecule has 0 bridgehead atoms. The highest BCUT2D eigenvalue weighted by Gasteiger charge is 2.18. The topological polar surface area (TPSA) is 64.3 Å². The van der Waals surface area contributed by atoms with Crippen molar-refractivity contribution >= 4 is 17.3 Å². The summed E-state index contributed by atoms with van der Waals surface area (Å²) in [5.74, 6) is 0.499. The fourth-order valence-electron chi connectivity index (χ4n) is 3.34. The average Bonchev–Trinajstić information content (AvgIpc) is 2.62. The van der Waals surface area contributed by atoms with E-state index >= 15 is 0 Å². The molecule has 2 N–H and O–H groups in total. The number of nitrogens with zero attached hydrogens (tertiary/aromatic N) is 3. The van der Waals surface area contributed by atoms with Crippen LogP contribution in [0.2, 0.25) is 0 Å². The summed E-state index contributed by atoms with van der Waals surface area (Å²) in [6.45, 7) is 10.9. The van der Waals surface area contributed by atoms with Crippen molar-refractivity contribution in [2.75, 3.05) is 36.4 Å². The Morgan fingerprint density at radius 1 is 1.15 bits per heavy atom. The minimum atomic E-state index is -0.120. The van der Waals surface area contributed by atoms with Crippen molar-refractivity contribution < 1.29 is 0 Å². The zero-order valence-corrected chi connectivity index (χ0v) is 16.0. The molecule has 6 heteroatoms. The minimum absolute atomic E-state index is 0.120. The molecule has 1 aliphatic heterocycles. The van der Waals surface area contributed by atoms with Crippen LogP contribution in [-0.2, 0) is 6.42 Å². The van der Waals surface area contributed by atoms with E-state index in [1.165, 1.54) is 5.69 Å². The molecule has 1 aliphatic rings. The van der Waals surface area contributed by atoms with Crippen LogP contribution in [0.15, 0.2) is 35.1 Å². The van der Waals surface area contributed by atoms with E-state index in [0.717, 1.165) is 50.4 Å². The van der Waals surface area contributed by atoms with Gasteiger partial charge in [-0.3, -0.25) is 14.7 Å². The molecule has 1 fully saturated rings. The number of aromatic nitrogens is 2. The quantitative estimate of drug-likeness (QED) is 0.834. The first-order valence-corrected chi connectivity index (χ1v) is 9.51. The number of benzene rings is 1. The second kappa shape index (κ2) is 8.36. The Morgan fingerprint density at radius 2 is 1.85 bits per heavy atom. The van der Waals surface area contributed by atoms with E-state index in [2.05, 4.69) is 58.0 Å². The van der Waals surface area contributed by atoms with Crippen LogP contribution in [0.4, 0.5) is 17.3 Å². The van der Waals surface area contributed by atoms with Crippen molar-refractivity contribution in [3.8, 4) is 0 Å². The Kier molecular flexibility index (Phi) is 5.93. The summed E-state index contributed by atoms with van der Waals surface area (Å²) in [5.41, 5.74) is 2.86. The molecule has 1 saturated heterocycles. The number of H-pyrrole nitrogens is 1. The molecule has 0 amide bonds. The number of hydrogen-bond donors (Lipinski definition) is 2. The van der Waals surface area contributed by atoms with E-state index in [4.69, 9.17) is 0 Å². The van der Waals surface area contributed by atoms with Gasteiger partial charge in [-0.25, -0.2) is 4.98 Å². The Labute approximate surface area is 155 Å². The first-order chi connectivity index (χ1) is 12.5. The lowest BCUT2D eigenvalue weighted by molar-refractivity contribution is 0.209. The molecule has 0 saturated carbocycles. The molecule has 26 heavy (non-hydrogen) atoms. The Hall–Kier alpha value is -2.34. The summed E-state index contributed by atoms with van der Waals surface area (Å²) in [7, 11) is 0. The summed E-state index contributed by atoms with van der Waals surface area (Å²) in [6, 6.07) is 10.5. The lowest BCUT2D eigenvalue weighted by Gasteiger charge is -2.38. The lowest BCUT2D eigenvalue weighted by atomic mass is 10.2. The van der Waals surface area contributed by atoms with Gasteiger partial charge in [-0.2, -0.15) is 0 Å². The molecule has 0 unspecified atom stereocenters. The van der Waals surface area contributed by atoms with Crippen LogP contribution in [0.25, 0.3) is 0 Å². The van der Waals surface area contributed by atoms with E-state index in [-0.39, 0.29) is 5.56 Å². The van der Waals surface area contributed by atoms with Crippen LogP contribution in [-0.4, -0.2) is 47.1 Å². The minimum Gasteiger partial charge on any atom is -0.369 e. The summed E-state index contributed by atoms with van der Waals surface area (Å²) in [4.78, 5) is 23.9. The zero-order chi connectivity index (χ0) is 18.5. The lowest BCUT2D eigenvalue weighted by Crippen LogP contribution is -2.48. The second-order valence-corrected chi connectivity index (χ2v) is 7.12. The van der Waals surface area contributed by atoms with E-state index in [1.807, 2.05) is 12.1 Å². The molecule has 1 aromatic carbocycles. The molecule has 0 spiro atoms. The molecular formula is C20H29N5O. The van der Waals surface area contributed by atoms with Crippen LogP contribution in [0.5, 0.6) is 0 Å². The molecule has 0 aliphatic carbocycles. The molecule has 140 valence electrons. The summed E-state index contributed by atoms with van der Waals surface area (Å²) >= 11 is 0. The zero-order valence-electron chi connectivity index (χ0n) is 16.0. The number of aromatic amines is 1. The van der Waals surface area contributed by atoms with E-state index in [0.29, 0.717) is 12.0 Å². The number of anilines is 3. The Morgan fingerprint density at radius 3 is 2.46 bits per heavy atom. The summed E-state index contributed by atoms with van der Waals surface area (Å²) < 4.78 is 0. The normalized spacial score (nSPS) is 15.5. The molecule has 2 aromatic rings. The standard InChI is InChI=1S/C20H29N5O/c1-4-5-17-14-19(26)23-20(22-17)21-16-6-8-18(9-7-16)25-12-10-24(11-13-25)15(2)3/h6-9,14-15H,4-5,10-13H2,1-3H3,(H2,21,22,23,26). The third-order valence-corrected chi connectivity index (χ3v) is 4.84. The number of aryl methyl sites for hydroxylation is 1. The first-order valence-electron chi connectivity index (χ1n) is 9.51. The van der Waals surface area contributed by atoms with Crippen molar-refractivity contribution in [2.45, 2.75) is 39.7 Å². The highest BCUT2D eigenvalue weighted by Crippen LogP contribution is 2.21. The van der Waals surface area contributed by atoms with Gasteiger partial charge >= 0.3 is 0 Å².